The van der Waals surface area contributed by atoms with Crippen LogP contribution in [0.5, 0.6) is 0 Å². The van der Waals surface area contributed by atoms with Crippen molar-refractivity contribution in [3.05, 3.63) is 58.3 Å². The molecule has 10 heteroatoms. The molecule has 0 spiro atoms. The van der Waals surface area contributed by atoms with Crippen LogP contribution < -0.4 is 22.1 Å². The second-order valence-corrected chi connectivity index (χ2v) is 8.83. The van der Waals surface area contributed by atoms with E-state index in [-0.39, 0.29) is 11.4 Å². The first-order valence-corrected chi connectivity index (χ1v) is 10.7. The number of fused-ring (bicyclic) bond motifs is 1. The van der Waals surface area contributed by atoms with Gasteiger partial charge in [0.05, 0.1) is 12.8 Å². The molecule has 0 aliphatic rings. The molecule has 10 nitrogen and oxygen atoms in total. The maximum atomic E-state index is 12.6. The number of guanidine groups is 1. The normalized spacial score (nSPS) is 12.5. The van der Waals surface area contributed by atoms with Crippen LogP contribution in [0.4, 0.5) is 0 Å². The molecule has 0 amide bonds. The van der Waals surface area contributed by atoms with E-state index in [1.807, 2.05) is 6.07 Å². The number of nitrogens with two attached hydrogens (primary N) is 1. The minimum absolute atomic E-state index is 0.0890. The first kappa shape index (κ1) is 24.0. The van der Waals surface area contributed by atoms with Crippen molar-refractivity contribution in [3.63, 3.8) is 0 Å². The van der Waals surface area contributed by atoms with E-state index in [1.54, 1.807) is 30.5 Å². The summed E-state index contributed by atoms with van der Waals surface area (Å²) in [5, 5.41) is 13.9. The van der Waals surface area contributed by atoms with Gasteiger partial charge in [-0.15, -0.1) is 0 Å². The first-order chi connectivity index (χ1) is 15.6. The summed E-state index contributed by atoms with van der Waals surface area (Å²) >= 11 is 0. The predicted molar refractivity (Wildman–Crippen MR) is 128 cm³/mol. The summed E-state index contributed by atoms with van der Waals surface area (Å²) in [6, 6.07) is 8.47. The van der Waals surface area contributed by atoms with Crippen LogP contribution in [0.25, 0.3) is 16.7 Å². The molecular formula is C23H31N7O3. The Kier molecular flexibility index (Phi) is 7.17. The molecule has 3 aromatic rings. The van der Waals surface area contributed by atoms with Crippen molar-refractivity contribution in [3.8, 4) is 5.69 Å². The van der Waals surface area contributed by atoms with E-state index in [4.69, 9.17) is 15.9 Å². The number of benzene rings is 1. The summed E-state index contributed by atoms with van der Waals surface area (Å²) in [7, 11) is 1.34. The maximum absolute atomic E-state index is 12.6. The van der Waals surface area contributed by atoms with E-state index in [9.17, 15) is 9.59 Å². The number of nitrogens with one attached hydrogen (secondary N) is 4. The number of carbonyl (C=O) groups is 1. The second-order valence-electron chi connectivity index (χ2n) is 8.83. The third kappa shape index (κ3) is 5.78. The molecule has 0 aliphatic carbocycles. The molecule has 0 saturated carbocycles. The molecule has 3 rings (SSSR count). The van der Waals surface area contributed by atoms with Gasteiger partial charge in [0.15, 0.2) is 5.96 Å². The number of hydrogen-bond acceptors (Lipinski definition) is 6. The number of nitrogens with zero attached hydrogens (tertiary/aromatic N) is 2. The van der Waals surface area contributed by atoms with E-state index in [0.29, 0.717) is 36.4 Å². The van der Waals surface area contributed by atoms with Gasteiger partial charge in [0, 0.05) is 29.2 Å². The van der Waals surface area contributed by atoms with Crippen LogP contribution in [-0.2, 0) is 14.9 Å². The van der Waals surface area contributed by atoms with E-state index in [2.05, 4.69) is 41.4 Å². The SMILES string of the molecule is COC(=O)[C@H](NCCCNC(=N)N)c1ccc(-n2cc3cc(C(C)(C)C)[nH]c3nc2=O)cc1. The fraction of sp³-hybridized carbons (Fsp3) is 0.391. The Hall–Kier alpha value is -3.66. The van der Waals surface area contributed by atoms with E-state index < -0.39 is 17.7 Å². The highest BCUT2D eigenvalue weighted by Gasteiger charge is 2.21. The van der Waals surface area contributed by atoms with E-state index in [1.165, 1.54) is 11.7 Å². The van der Waals surface area contributed by atoms with Crippen LogP contribution in [0.15, 0.2) is 41.3 Å². The van der Waals surface area contributed by atoms with Crippen LogP contribution in [0.2, 0.25) is 0 Å². The molecule has 0 saturated heterocycles. The maximum Gasteiger partial charge on any atom is 0.354 e. The topological polar surface area (TPSA) is 151 Å². The minimum atomic E-state index is -0.655. The number of aromatic nitrogens is 3. The summed E-state index contributed by atoms with van der Waals surface area (Å²) < 4.78 is 6.42. The van der Waals surface area contributed by atoms with Gasteiger partial charge < -0.3 is 26.1 Å². The van der Waals surface area contributed by atoms with Crippen LogP contribution in [0, 0.1) is 5.41 Å². The molecule has 0 radical (unpaired) electrons. The summed E-state index contributed by atoms with van der Waals surface area (Å²) in [6.07, 6.45) is 2.43. The van der Waals surface area contributed by atoms with Gasteiger partial charge in [-0.1, -0.05) is 32.9 Å². The molecule has 2 aromatic heterocycles. The number of aromatic amines is 1. The fourth-order valence-electron chi connectivity index (χ4n) is 3.42. The average molecular weight is 454 g/mol. The van der Waals surface area contributed by atoms with Crippen molar-refractivity contribution >= 4 is 23.0 Å². The van der Waals surface area contributed by atoms with Gasteiger partial charge >= 0.3 is 11.7 Å². The monoisotopic (exact) mass is 453 g/mol. The summed E-state index contributed by atoms with van der Waals surface area (Å²) in [5.74, 6) is -0.503. The zero-order valence-electron chi connectivity index (χ0n) is 19.4. The molecule has 0 bridgehead atoms. The Morgan fingerprint density at radius 2 is 1.97 bits per heavy atom. The van der Waals surface area contributed by atoms with Gasteiger partial charge in [-0.25, -0.2) is 9.59 Å². The lowest BCUT2D eigenvalue weighted by Gasteiger charge is -2.17. The Labute approximate surface area is 192 Å². The van der Waals surface area contributed by atoms with Gasteiger partial charge in [0.1, 0.15) is 11.7 Å². The first-order valence-electron chi connectivity index (χ1n) is 10.7. The number of methoxy groups -OCH3 is 1. The molecular weight excluding hydrogens is 422 g/mol. The van der Waals surface area contributed by atoms with Crippen LogP contribution in [0.3, 0.4) is 0 Å². The van der Waals surface area contributed by atoms with Gasteiger partial charge in [-0.2, -0.15) is 4.98 Å². The van der Waals surface area contributed by atoms with Crippen LogP contribution >= 0.6 is 0 Å². The summed E-state index contributed by atoms with van der Waals surface area (Å²) in [5.41, 5.74) is 7.71. The standard InChI is InChI=1S/C23H31N7O3/c1-23(2,3)17-12-15-13-30(22(32)29-19(15)28-17)16-8-6-14(7-9-16)18(20(31)33-4)26-10-5-11-27-21(24)25/h6-9,12-13,18,26H,5,10-11H2,1-4H3,(H4,24,25,27)(H,28,29,32)/t18-/m1/s1. The molecule has 2 heterocycles. The van der Waals surface area contributed by atoms with Gasteiger partial charge in [0.2, 0.25) is 0 Å². The molecule has 176 valence electrons. The molecule has 33 heavy (non-hydrogen) atoms. The third-order valence-corrected chi connectivity index (χ3v) is 5.28. The fourth-order valence-corrected chi connectivity index (χ4v) is 3.42. The van der Waals surface area contributed by atoms with Gasteiger partial charge in [-0.3, -0.25) is 9.98 Å². The lowest BCUT2D eigenvalue weighted by Crippen LogP contribution is -2.34. The zero-order chi connectivity index (χ0) is 24.2. The van der Waals surface area contributed by atoms with Gasteiger partial charge in [-0.05, 0) is 36.7 Å². The lowest BCUT2D eigenvalue weighted by atomic mass is 9.92. The van der Waals surface area contributed by atoms with E-state index >= 15 is 0 Å². The number of esters is 1. The minimum Gasteiger partial charge on any atom is -0.468 e. The molecule has 1 aromatic carbocycles. The molecule has 0 fully saturated rings. The lowest BCUT2D eigenvalue weighted by molar-refractivity contribution is -0.143. The predicted octanol–water partition coefficient (Wildman–Crippen LogP) is 1.69. The smallest absolute Gasteiger partial charge is 0.354 e. The van der Waals surface area contributed by atoms with E-state index in [0.717, 1.165) is 11.1 Å². The number of hydrogen-bond donors (Lipinski definition) is 5. The van der Waals surface area contributed by atoms with Crippen LogP contribution in [0.1, 0.15) is 44.5 Å². The second kappa shape index (κ2) is 9.86. The number of rotatable bonds is 8. The number of H-pyrrole nitrogens is 1. The molecule has 6 N–H and O–H groups in total. The Morgan fingerprint density at radius 3 is 2.58 bits per heavy atom. The highest BCUT2D eigenvalue weighted by atomic mass is 16.5. The van der Waals surface area contributed by atoms with Crippen molar-refractivity contribution in [2.24, 2.45) is 5.73 Å². The number of carbonyl (C=O) groups excluding carboxylic acids is 1. The van der Waals surface area contributed by atoms with Crippen molar-refractivity contribution in [1.29, 1.82) is 5.41 Å². The van der Waals surface area contributed by atoms with Crippen molar-refractivity contribution in [1.82, 2.24) is 25.2 Å². The Morgan fingerprint density at radius 1 is 1.27 bits per heavy atom. The number of ether oxygens (including phenoxy) is 1. The summed E-state index contributed by atoms with van der Waals surface area (Å²) in [6.45, 7) is 7.31. The van der Waals surface area contributed by atoms with Crippen molar-refractivity contribution in [2.75, 3.05) is 20.2 Å². The third-order valence-electron chi connectivity index (χ3n) is 5.28. The van der Waals surface area contributed by atoms with Crippen molar-refractivity contribution in [2.45, 2.75) is 38.6 Å². The zero-order valence-corrected chi connectivity index (χ0v) is 19.4. The Balaban J connectivity index is 1.81. The molecule has 1 atom stereocenters. The quantitative estimate of drug-likeness (QED) is 0.151. The highest BCUT2D eigenvalue weighted by molar-refractivity contribution is 5.78. The van der Waals surface area contributed by atoms with Crippen LogP contribution in [-0.4, -0.2) is 46.7 Å². The molecule has 0 aliphatic heterocycles. The largest absolute Gasteiger partial charge is 0.468 e. The summed E-state index contributed by atoms with van der Waals surface area (Å²) in [4.78, 5) is 32.3. The average Bonchev–Trinajstić information content (AvgIpc) is 3.18. The molecule has 0 unspecified atom stereocenters. The van der Waals surface area contributed by atoms with Gasteiger partial charge in [0.25, 0.3) is 0 Å². The highest BCUT2D eigenvalue weighted by Crippen LogP contribution is 2.25. The van der Waals surface area contributed by atoms with Crippen molar-refractivity contribution < 1.29 is 9.53 Å². The Bertz CT molecular complexity index is 1190.